The summed E-state index contributed by atoms with van der Waals surface area (Å²) in [7, 11) is 0. The first-order valence-electron chi connectivity index (χ1n) is 5.92. The summed E-state index contributed by atoms with van der Waals surface area (Å²) in [4.78, 5) is 4.31. The van der Waals surface area contributed by atoms with Crippen LogP contribution in [-0.4, -0.2) is 16.7 Å². The van der Waals surface area contributed by atoms with Crippen LogP contribution in [0, 0.1) is 11.3 Å². The van der Waals surface area contributed by atoms with Gasteiger partial charge in [0, 0.05) is 12.8 Å². The molecule has 0 aliphatic heterocycles. The number of aromatic nitrogens is 2. The summed E-state index contributed by atoms with van der Waals surface area (Å²) in [6.07, 6.45) is 2.70. The molecular formula is C12H23N3O. The molecule has 0 amide bonds. The van der Waals surface area contributed by atoms with Crippen LogP contribution in [0.1, 0.15) is 45.8 Å². The summed E-state index contributed by atoms with van der Waals surface area (Å²) in [5.41, 5.74) is 5.78. The molecule has 1 atom stereocenters. The van der Waals surface area contributed by atoms with Gasteiger partial charge < -0.3 is 10.3 Å². The first kappa shape index (κ1) is 13.2. The lowest BCUT2D eigenvalue weighted by molar-refractivity contribution is 0.282. The van der Waals surface area contributed by atoms with E-state index >= 15 is 0 Å². The summed E-state index contributed by atoms with van der Waals surface area (Å²) >= 11 is 0. The van der Waals surface area contributed by atoms with Crippen molar-refractivity contribution in [2.75, 3.05) is 6.54 Å². The summed E-state index contributed by atoms with van der Waals surface area (Å²) in [6.45, 7) is 9.53. The highest BCUT2D eigenvalue weighted by molar-refractivity contribution is 4.88. The Morgan fingerprint density at radius 3 is 2.62 bits per heavy atom. The molecule has 4 nitrogen and oxygen atoms in total. The molecule has 2 N–H and O–H groups in total. The lowest BCUT2D eigenvalue weighted by Gasteiger charge is -2.22. The Hall–Kier alpha value is -0.900. The van der Waals surface area contributed by atoms with E-state index in [9.17, 15) is 0 Å². The summed E-state index contributed by atoms with van der Waals surface area (Å²) in [6, 6.07) is 0. The second-order valence-corrected chi connectivity index (χ2v) is 5.72. The van der Waals surface area contributed by atoms with Gasteiger partial charge in [-0.3, -0.25) is 0 Å². The van der Waals surface area contributed by atoms with Crippen molar-refractivity contribution in [2.45, 2.75) is 47.0 Å². The van der Waals surface area contributed by atoms with Crippen molar-refractivity contribution in [2.24, 2.45) is 17.1 Å². The molecule has 0 aliphatic rings. The van der Waals surface area contributed by atoms with E-state index in [4.69, 9.17) is 10.3 Å². The topological polar surface area (TPSA) is 64.9 Å². The predicted molar refractivity (Wildman–Crippen MR) is 64.0 cm³/mol. The van der Waals surface area contributed by atoms with Crippen LogP contribution < -0.4 is 5.73 Å². The van der Waals surface area contributed by atoms with Gasteiger partial charge in [-0.15, -0.1) is 0 Å². The molecule has 0 fully saturated rings. The molecule has 1 aromatic heterocycles. The van der Waals surface area contributed by atoms with E-state index in [-0.39, 0.29) is 0 Å². The van der Waals surface area contributed by atoms with Crippen molar-refractivity contribution < 1.29 is 4.52 Å². The van der Waals surface area contributed by atoms with Crippen molar-refractivity contribution in [3.63, 3.8) is 0 Å². The molecule has 1 unspecified atom stereocenters. The smallest absolute Gasteiger partial charge is 0.226 e. The maximum Gasteiger partial charge on any atom is 0.226 e. The summed E-state index contributed by atoms with van der Waals surface area (Å²) in [5.74, 6) is 2.02. The van der Waals surface area contributed by atoms with Crippen LogP contribution in [0.4, 0.5) is 0 Å². The van der Waals surface area contributed by atoms with Gasteiger partial charge in [0.15, 0.2) is 5.82 Å². The zero-order valence-corrected chi connectivity index (χ0v) is 10.8. The normalized spacial score (nSPS) is 14.1. The molecule has 0 aromatic carbocycles. The van der Waals surface area contributed by atoms with Crippen LogP contribution in [0.3, 0.4) is 0 Å². The van der Waals surface area contributed by atoms with Gasteiger partial charge >= 0.3 is 0 Å². The molecule has 0 bridgehead atoms. The van der Waals surface area contributed by atoms with Crippen molar-refractivity contribution in [3.8, 4) is 0 Å². The van der Waals surface area contributed by atoms with Crippen LogP contribution in [-0.2, 0) is 12.8 Å². The zero-order valence-electron chi connectivity index (χ0n) is 10.8. The average molecular weight is 225 g/mol. The maximum absolute atomic E-state index is 5.43. The molecule has 1 aromatic rings. The Labute approximate surface area is 97.6 Å². The summed E-state index contributed by atoms with van der Waals surface area (Å²) < 4.78 is 5.19. The van der Waals surface area contributed by atoms with Gasteiger partial charge in [-0.25, -0.2) is 0 Å². The van der Waals surface area contributed by atoms with E-state index in [2.05, 4.69) is 37.8 Å². The van der Waals surface area contributed by atoms with Gasteiger partial charge in [-0.1, -0.05) is 32.9 Å². The van der Waals surface area contributed by atoms with Gasteiger partial charge in [0.25, 0.3) is 0 Å². The Balaban J connectivity index is 2.46. The summed E-state index contributed by atoms with van der Waals surface area (Å²) in [5, 5.41) is 3.89. The Morgan fingerprint density at radius 2 is 2.06 bits per heavy atom. The third kappa shape index (κ3) is 4.75. The quantitative estimate of drug-likeness (QED) is 0.834. The average Bonchev–Trinajstić information content (AvgIpc) is 2.49. The molecule has 92 valence electrons. The fraction of sp³-hybridized carbons (Fsp3) is 0.833. The zero-order chi connectivity index (χ0) is 12.2. The molecule has 0 saturated carbocycles. The third-order valence-electron chi connectivity index (χ3n) is 2.36. The molecule has 1 heterocycles. The minimum Gasteiger partial charge on any atom is -0.339 e. The van der Waals surface area contributed by atoms with Gasteiger partial charge in [0.2, 0.25) is 5.89 Å². The second-order valence-electron chi connectivity index (χ2n) is 5.72. The molecule has 1 rings (SSSR count). The van der Waals surface area contributed by atoms with Crippen molar-refractivity contribution >= 4 is 0 Å². The third-order valence-corrected chi connectivity index (χ3v) is 2.36. The Morgan fingerprint density at radius 1 is 1.38 bits per heavy atom. The van der Waals surface area contributed by atoms with E-state index in [1.54, 1.807) is 0 Å². The largest absolute Gasteiger partial charge is 0.339 e. The van der Waals surface area contributed by atoms with Crippen LogP contribution >= 0.6 is 0 Å². The number of nitrogens with zero attached hydrogens (tertiary/aromatic N) is 2. The fourth-order valence-electron chi connectivity index (χ4n) is 2.02. The molecular weight excluding hydrogens is 202 g/mol. The number of hydrogen-bond acceptors (Lipinski definition) is 4. The van der Waals surface area contributed by atoms with Crippen LogP contribution in [0.2, 0.25) is 0 Å². The first-order chi connectivity index (χ1) is 7.40. The van der Waals surface area contributed by atoms with E-state index < -0.39 is 0 Å². The van der Waals surface area contributed by atoms with Crippen LogP contribution in [0.25, 0.3) is 0 Å². The lowest BCUT2D eigenvalue weighted by Crippen LogP contribution is -2.13. The number of rotatable bonds is 5. The molecule has 16 heavy (non-hydrogen) atoms. The van der Waals surface area contributed by atoms with Gasteiger partial charge in [0.1, 0.15) is 0 Å². The minimum absolute atomic E-state index is 0.347. The number of nitrogens with two attached hydrogens (primary N) is 1. The van der Waals surface area contributed by atoms with Crippen LogP contribution in [0.15, 0.2) is 4.52 Å². The first-order valence-corrected chi connectivity index (χ1v) is 5.92. The molecule has 4 heteroatoms. The monoisotopic (exact) mass is 225 g/mol. The minimum atomic E-state index is 0.347. The van der Waals surface area contributed by atoms with E-state index in [1.165, 1.54) is 0 Å². The molecule has 0 saturated heterocycles. The predicted octanol–water partition coefficient (Wildman–Crippen LogP) is 2.19. The van der Waals surface area contributed by atoms with Crippen molar-refractivity contribution in [3.05, 3.63) is 11.7 Å². The van der Waals surface area contributed by atoms with E-state index in [0.29, 0.717) is 24.3 Å². The highest BCUT2D eigenvalue weighted by Gasteiger charge is 2.17. The SMILES string of the molecule is CC(Cc1nc(CCN)no1)CC(C)(C)C. The van der Waals surface area contributed by atoms with Crippen molar-refractivity contribution in [1.82, 2.24) is 10.1 Å². The Kier molecular flexibility index (Phi) is 4.47. The highest BCUT2D eigenvalue weighted by atomic mass is 16.5. The second kappa shape index (κ2) is 5.43. The van der Waals surface area contributed by atoms with Gasteiger partial charge in [-0.05, 0) is 24.3 Å². The molecule has 0 radical (unpaired) electrons. The fourth-order valence-corrected chi connectivity index (χ4v) is 2.02. The van der Waals surface area contributed by atoms with E-state index in [1.807, 2.05) is 0 Å². The highest BCUT2D eigenvalue weighted by Crippen LogP contribution is 2.25. The van der Waals surface area contributed by atoms with Gasteiger partial charge in [-0.2, -0.15) is 4.98 Å². The molecule has 0 spiro atoms. The van der Waals surface area contributed by atoms with Gasteiger partial charge in [0.05, 0.1) is 0 Å². The van der Waals surface area contributed by atoms with Crippen molar-refractivity contribution in [1.29, 1.82) is 0 Å². The Bertz CT molecular complexity index is 314. The van der Waals surface area contributed by atoms with Crippen LogP contribution in [0.5, 0.6) is 0 Å². The number of hydrogen-bond donors (Lipinski definition) is 1. The standard InChI is InChI=1S/C12H23N3O/c1-9(8-12(2,3)4)7-11-14-10(5-6-13)15-16-11/h9H,5-8,13H2,1-4H3. The lowest BCUT2D eigenvalue weighted by atomic mass is 9.84. The molecule has 0 aliphatic carbocycles. The van der Waals surface area contributed by atoms with E-state index in [0.717, 1.165) is 24.6 Å². The maximum atomic E-state index is 5.43.